The van der Waals surface area contributed by atoms with Crippen LogP contribution in [0.15, 0.2) is 16.6 Å². The maximum Gasteiger partial charge on any atom is 0.0992 e. The van der Waals surface area contributed by atoms with Crippen LogP contribution in [0.1, 0.15) is 11.1 Å². The Balaban J connectivity index is 3.28. The molecule has 0 aromatic heterocycles. The first kappa shape index (κ1) is 9.57. The Kier molecular flexibility index (Phi) is 2.89. The second-order valence-corrected chi connectivity index (χ2v) is 3.28. The molecule has 3 nitrogen and oxygen atoms in total. The molecule has 0 aliphatic carbocycles. The van der Waals surface area contributed by atoms with E-state index in [9.17, 15) is 0 Å². The molecule has 0 bridgehead atoms. The second kappa shape index (κ2) is 3.93. The van der Waals surface area contributed by atoms with Crippen LogP contribution in [0, 0.1) is 22.7 Å². The highest BCUT2D eigenvalue weighted by Crippen LogP contribution is 2.25. The lowest BCUT2D eigenvalue weighted by Gasteiger charge is -2.03. The minimum absolute atomic E-state index is 0.250. The molecule has 0 heterocycles. The molecule has 64 valence electrons. The van der Waals surface area contributed by atoms with Crippen molar-refractivity contribution in [1.82, 2.24) is 0 Å². The third-order valence-corrected chi connectivity index (χ3v) is 2.54. The first-order valence-electron chi connectivity index (χ1n) is 3.54. The van der Waals surface area contributed by atoms with Crippen molar-refractivity contribution in [3.63, 3.8) is 0 Å². The molecule has 13 heavy (non-hydrogen) atoms. The van der Waals surface area contributed by atoms with E-state index in [0.717, 1.165) is 5.56 Å². The fourth-order valence-corrected chi connectivity index (χ4v) is 1.36. The molecule has 0 unspecified atom stereocenters. The van der Waals surface area contributed by atoms with Crippen LogP contribution in [0.4, 0.5) is 5.69 Å². The number of nitrogen functional groups attached to an aromatic ring is 1. The van der Waals surface area contributed by atoms with Gasteiger partial charge in [-0.1, -0.05) is 0 Å². The van der Waals surface area contributed by atoms with Gasteiger partial charge in [-0.25, -0.2) is 0 Å². The highest BCUT2D eigenvalue weighted by Gasteiger charge is 2.05. The fourth-order valence-electron chi connectivity index (χ4n) is 0.987. The Hall–Kier alpha value is -1.52. The SMILES string of the molecule is N#CCc1cc(C#N)cc(N)c1Br. The normalized spacial score (nSPS) is 8.85. The van der Waals surface area contributed by atoms with Crippen molar-refractivity contribution < 1.29 is 0 Å². The van der Waals surface area contributed by atoms with E-state index >= 15 is 0 Å². The molecule has 0 fully saturated rings. The number of hydrogen-bond acceptors (Lipinski definition) is 3. The van der Waals surface area contributed by atoms with Gasteiger partial charge in [0.1, 0.15) is 0 Å². The predicted molar refractivity (Wildman–Crippen MR) is 52.6 cm³/mol. The summed E-state index contributed by atoms with van der Waals surface area (Å²) in [5.41, 5.74) is 7.34. The van der Waals surface area contributed by atoms with E-state index in [0.29, 0.717) is 15.7 Å². The van der Waals surface area contributed by atoms with E-state index in [-0.39, 0.29) is 6.42 Å². The molecule has 0 radical (unpaired) electrons. The molecule has 0 amide bonds. The smallest absolute Gasteiger partial charge is 0.0992 e. The summed E-state index contributed by atoms with van der Waals surface area (Å²) in [6.45, 7) is 0. The number of hydrogen-bond donors (Lipinski definition) is 1. The zero-order valence-corrected chi connectivity index (χ0v) is 8.30. The van der Waals surface area contributed by atoms with Gasteiger partial charge in [0.05, 0.1) is 24.1 Å². The summed E-state index contributed by atoms with van der Waals surface area (Å²) in [4.78, 5) is 0. The Morgan fingerprint density at radius 1 is 1.38 bits per heavy atom. The van der Waals surface area contributed by atoms with Crippen molar-refractivity contribution in [2.75, 3.05) is 5.73 Å². The number of halogens is 1. The number of nitriles is 2. The zero-order valence-electron chi connectivity index (χ0n) is 6.71. The van der Waals surface area contributed by atoms with Gasteiger partial charge in [-0.05, 0) is 33.6 Å². The molecule has 0 atom stereocenters. The van der Waals surface area contributed by atoms with Crippen LogP contribution in [-0.2, 0) is 6.42 Å². The first-order chi connectivity index (χ1) is 6.19. The maximum atomic E-state index is 8.64. The molecule has 4 heteroatoms. The van der Waals surface area contributed by atoms with Crippen molar-refractivity contribution in [1.29, 1.82) is 10.5 Å². The number of anilines is 1. The van der Waals surface area contributed by atoms with Crippen LogP contribution >= 0.6 is 15.9 Å². The molecule has 0 aliphatic heterocycles. The second-order valence-electron chi connectivity index (χ2n) is 2.49. The monoisotopic (exact) mass is 235 g/mol. The topological polar surface area (TPSA) is 73.6 Å². The first-order valence-corrected chi connectivity index (χ1v) is 4.33. The summed E-state index contributed by atoms with van der Waals surface area (Å²) >= 11 is 3.26. The standard InChI is InChI=1S/C9H6BrN3/c10-9-7(1-2-11)3-6(5-12)4-8(9)13/h3-4H,1,13H2. The maximum absolute atomic E-state index is 8.64. The van der Waals surface area contributed by atoms with Gasteiger partial charge in [-0.3, -0.25) is 0 Å². The lowest BCUT2D eigenvalue weighted by Crippen LogP contribution is -1.93. The highest BCUT2D eigenvalue weighted by atomic mass is 79.9. The highest BCUT2D eigenvalue weighted by molar-refractivity contribution is 9.10. The van der Waals surface area contributed by atoms with Crippen molar-refractivity contribution in [3.05, 3.63) is 27.7 Å². The largest absolute Gasteiger partial charge is 0.398 e. The summed E-state index contributed by atoms with van der Waals surface area (Å²) in [5.74, 6) is 0. The molecule has 1 aromatic carbocycles. The van der Waals surface area contributed by atoms with E-state index in [4.69, 9.17) is 16.3 Å². The minimum atomic E-state index is 0.250. The quantitative estimate of drug-likeness (QED) is 0.757. The molecule has 1 rings (SSSR count). The van der Waals surface area contributed by atoms with E-state index in [1.165, 1.54) is 0 Å². The van der Waals surface area contributed by atoms with Gasteiger partial charge in [0.25, 0.3) is 0 Å². The number of nitrogens with zero attached hydrogens (tertiary/aromatic N) is 2. The number of benzene rings is 1. The van der Waals surface area contributed by atoms with Crippen molar-refractivity contribution in [2.45, 2.75) is 6.42 Å². The van der Waals surface area contributed by atoms with Crippen LogP contribution in [0.3, 0.4) is 0 Å². The third kappa shape index (κ3) is 1.99. The molecular weight excluding hydrogens is 230 g/mol. The molecular formula is C9H6BrN3. The molecule has 0 saturated heterocycles. The summed E-state index contributed by atoms with van der Waals surface area (Å²) in [6.07, 6.45) is 0.250. The van der Waals surface area contributed by atoms with Crippen LogP contribution in [-0.4, -0.2) is 0 Å². The third-order valence-electron chi connectivity index (χ3n) is 1.57. The molecule has 0 aliphatic rings. The summed E-state index contributed by atoms with van der Waals surface area (Å²) < 4.78 is 0.702. The van der Waals surface area contributed by atoms with Gasteiger partial charge >= 0.3 is 0 Å². The summed E-state index contributed by atoms with van der Waals surface area (Å²) in [5, 5.41) is 17.1. The van der Waals surface area contributed by atoms with Gasteiger partial charge in [0.15, 0.2) is 0 Å². The van der Waals surface area contributed by atoms with Crippen LogP contribution in [0.5, 0.6) is 0 Å². The fraction of sp³-hybridized carbons (Fsp3) is 0.111. The van der Waals surface area contributed by atoms with Crippen molar-refractivity contribution in [3.8, 4) is 12.1 Å². The van der Waals surface area contributed by atoms with E-state index in [1.807, 2.05) is 12.1 Å². The van der Waals surface area contributed by atoms with Gasteiger partial charge in [0, 0.05) is 10.2 Å². The van der Waals surface area contributed by atoms with Crippen molar-refractivity contribution >= 4 is 21.6 Å². The van der Waals surface area contributed by atoms with Crippen molar-refractivity contribution in [2.24, 2.45) is 0 Å². The zero-order chi connectivity index (χ0) is 9.84. The van der Waals surface area contributed by atoms with Crippen LogP contribution in [0.2, 0.25) is 0 Å². The Morgan fingerprint density at radius 2 is 2.08 bits per heavy atom. The lowest BCUT2D eigenvalue weighted by molar-refractivity contribution is 1.24. The summed E-state index contributed by atoms with van der Waals surface area (Å²) in [7, 11) is 0. The van der Waals surface area contributed by atoms with Gasteiger partial charge in [0.2, 0.25) is 0 Å². The van der Waals surface area contributed by atoms with Gasteiger partial charge in [-0.2, -0.15) is 10.5 Å². The molecule has 1 aromatic rings. The average Bonchev–Trinajstić information content (AvgIpc) is 2.13. The van der Waals surface area contributed by atoms with E-state index in [2.05, 4.69) is 15.9 Å². The van der Waals surface area contributed by atoms with E-state index < -0.39 is 0 Å². The number of nitrogens with two attached hydrogens (primary N) is 1. The Bertz CT molecular complexity index is 412. The van der Waals surface area contributed by atoms with Gasteiger partial charge < -0.3 is 5.73 Å². The lowest BCUT2D eigenvalue weighted by atomic mass is 10.1. The Morgan fingerprint density at radius 3 is 2.62 bits per heavy atom. The van der Waals surface area contributed by atoms with E-state index in [1.54, 1.807) is 12.1 Å². The Labute approximate surface area is 84.5 Å². The molecule has 0 saturated carbocycles. The van der Waals surface area contributed by atoms with Crippen LogP contribution < -0.4 is 5.73 Å². The predicted octanol–water partition coefficient (Wildman–Crippen LogP) is 1.97. The molecule has 2 N–H and O–H groups in total. The number of rotatable bonds is 1. The van der Waals surface area contributed by atoms with Gasteiger partial charge in [-0.15, -0.1) is 0 Å². The van der Waals surface area contributed by atoms with Crippen LogP contribution in [0.25, 0.3) is 0 Å². The average molecular weight is 236 g/mol. The summed E-state index contributed by atoms with van der Waals surface area (Å²) in [6, 6.07) is 7.22. The minimum Gasteiger partial charge on any atom is -0.398 e. The molecule has 0 spiro atoms.